The summed E-state index contributed by atoms with van der Waals surface area (Å²) < 4.78 is 0. The van der Waals surface area contributed by atoms with Crippen LogP contribution in [0.2, 0.25) is 0 Å². The van der Waals surface area contributed by atoms with Crippen LogP contribution in [0, 0.1) is 0 Å². The second-order valence-electron chi connectivity index (χ2n) is 7.93. The minimum atomic E-state index is -0.275. The van der Waals surface area contributed by atoms with Gasteiger partial charge in [0.1, 0.15) is 0 Å². The second-order valence-corrected chi connectivity index (χ2v) is 7.93. The van der Waals surface area contributed by atoms with Crippen molar-refractivity contribution >= 4 is 5.69 Å². The lowest BCUT2D eigenvalue weighted by molar-refractivity contribution is 0.679. The molecule has 0 bridgehead atoms. The van der Waals surface area contributed by atoms with Gasteiger partial charge in [-0.2, -0.15) is 0 Å². The Hall–Kier alpha value is -3.32. The Morgan fingerprint density at radius 2 is 1.19 bits per heavy atom. The smallest absolute Gasteiger partial charge is 0.0794 e. The lowest BCUT2D eigenvalue weighted by atomic mass is 9.82. The van der Waals surface area contributed by atoms with Gasteiger partial charge in [0.15, 0.2) is 0 Å². The van der Waals surface area contributed by atoms with Crippen molar-refractivity contribution < 1.29 is 0 Å². The fraction of sp³-hybridized carbons (Fsp3) is 0.200. The van der Waals surface area contributed by atoms with Gasteiger partial charge in [0, 0.05) is 16.8 Å². The first-order chi connectivity index (χ1) is 15.1. The summed E-state index contributed by atoms with van der Waals surface area (Å²) in [5.74, 6) is 0. The summed E-state index contributed by atoms with van der Waals surface area (Å²) in [7, 11) is 0. The third-order valence-corrected chi connectivity index (χ3v) is 5.66. The molecule has 1 heteroatoms. The summed E-state index contributed by atoms with van der Waals surface area (Å²) in [6.45, 7) is 8.51. The average Bonchev–Trinajstić information content (AvgIpc) is 3.16. The summed E-state index contributed by atoms with van der Waals surface area (Å²) in [4.78, 5) is 2.39. The molecule has 0 fully saturated rings. The van der Waals surface area contributed by atoms with Crippen molar-refractivity contribution in [3.63, 3.8) is 0 Å². The lowest BCUT2D eigenvalue weighted by Gasteiger charge is -2.40. The van der Waals surface area contributed by atoms with E-state index in [4.69, 9.17) is 0 Å². The van der Waals surface area contributed by atoms with E-state index < -0.39 is 0 Å². The van der Waals surface area contributed by atoms with Gasteiger partial charge < -0.3 is 4.90 Å². The number of anilines is 1. The summed E-state index contributed by atoms with van der Waals surface area (Å²) in [5.41, 5.74) is 3.20. The van der Waals surface area contributed by atoms with Crippen LogP contribution in [0.4, 0.5) is 5.69 Å². The topological polar surface area (TPSA) is 3.24 Å². The molecule has 1 atom stereocenters. The number of para-hydroxylation sites is 1. The summed E-state index contributed by atoms with van der Waals surface area (Å²) >= 11 is 0. The first-order valence-corrected chi connectivity index (χ1v) is 11.1. The van der Waals surface area contributed by atoms with E-state index in [-0.39, 0.29) is 11.0 Å². The molecule has 0 saturated carbocycles. The largest absolute Gasteiger partial charge is 0.329 e. The van der Waals surface area contributed by atoms with Crippen LogP contribution < -0.4 is 4.90 Å². The highest BCUT2D eigenvalue weighted by molar-refractivity contribution is 5.62. The highest BCUT2D eigenvalue weighted by atomic mass is 15.2. The van der Waals surface area contributed by atoms with E-state index in [0.29, 0.717) is 0 Å². The van der Waals surface area contributed by atoms with Gasteiger partial charge in [0.25, 0.3) is 0 Å². The van der Waals surface area contributed by atoms with Gasteiger partial charge in [-0.3, -0.25) is 0 Å². The van der Waals surface area contributed by atoms with Crippen LogP contribution in [-0.2, 0) is 5.41 Å². The Bertz CT molecular complexity index is 1000. The van der Waals surface area contributed by atoms with Crippen LogP contribution in [0.25, 0.3) is 0 Å². The van der Waals surface area contributed by atoms with E-state index in [9.17, 15) is 0 Å². The molecular weight excluding hydrogens is 374 g/mol. The monoisotopic (exact) mass is 407 g/mol. The highest BCUT2D eigenvalue weighted by Gasteiger charge is 2.30. The zero-order chi connectivity index (χ0) is 22.2. The molecule has 0 spiro atoms. The van der Waals surface area contributed by atoms with Crippen LogP contribution in [0.5, 0.6) is 0 Å². The number of rotatable bonds is 4. The molecule has 0 heterocycles. The van der Waals surface area contributed by atoms with Gasteiger partial charge in [0.05, 0.1) is 5.54 Å². The quantitative estimate of drug-likeness (QED) is 0.497. The number of allylic oxidation sites excluding steroid dienone is 9. The molecule has 2 aliphatic carbocycles. The predicted octanol–water partition coefficient (Wildman–Crippen LogP) is 7.93. The fourth-order valence-corrected chi connectivity index (χ4v) is 3.97. The van der Waals surface area contributed by atoms with Crippen LogP contribution in [0.1, 0.15) is 33.3 Å². The molecule has 4 rings (SSSR count). The van der Waals surface area contributed by atoms with Gasteiger partial charge in [0.2, 0.25) is 0 Å². The Kier molecular flexibility index (Phi) is 7.31. The van der Waals surface area contributed by atoms with Crippen molar-refractivity contribution in [3.05, 3.63) is 139 Å². The maximum atomic E-state index is 2.39. The van der Waals surface area contributed by atoms with Crippen molar-refractivity contribution in [2.24, 2.45) is 0 Å². The Balaban J connectivity index is 0.00000132. The van der Waals surface area contributed by atoms with Gasteiger partial charge in [-0.15, -0.1) is 0 Å². The molecular formula is C30H33N. The molecule has 0 saturated heterocycles. The van der Waals surface area contributed by atoms with Crippen molar-refractivity contribution in [2.75, 3.05) is 4.90 Å². The van der Waals surface area contributed by atoms with Crippen LogP contribution in [0.15, 0.2) is 133 Å². The van der Waals surface area contributed by atoms with E-state index in [0.717, 1.165) is 5.70 Å². The average molecular weight is 408 g/mol. The van der Waals surface area contributed by atoms with Gasteiger partial charge >= 0.3 is 0 Å². The number of hydrogen-bond donors (Lipinski definition) is 0. The first kappa shape index (κ1) is 22.4. The van der Waals surface area contributed by atoms with E-state index in [1.807, 2.05) is 13.8 Å². The zero-order valence-electron chi connectivity index (χ0n) is 19.1. The van der Waals surface area contributed by atoms with Gasteiger partial charge in [-0.1, -0.05) is 117 Å². The van der Waals surface area contributed by atoms with E-state index in [1.165, 1.54) is 11.3 Å². The minimum Gasteiger partial charge on any atom is -0.329 e. The van der Waals surface area contributed by atoms with Gasteiger partial charge in [-0.05, 0) is 43.7 Å². The summed E-state index contributed by atoms with van der Waals surface area (Å²) in [5, 5.41) is 0. The predicted molar refractivity (Wildman–Crippen MR) is 136 cm³/mol. The van der Waals surface area contributed by atoms with Crippen LogP contribution in [0.3, 0.4) is 0 Å². The molecule has 158 valence electrons. The standard InChI is InChI=1S/C28H27N.C2H6/c1-27(24-14-7-5-8-15-24)20-13-18-26(19-23-27)29(25-16-9-6-10-17-25)28(2)21-11-3-4-12-22-28;1-2/h3-23H,1-2H3;1-2H3. The summed E-state index contributed by atoms with van der Waals surface area (Å²) in [6.07, 6.45) is 24.1. The van der Waals surface area contributed by atoms with Crippen LogP contribution in [-0.4, -0.2) is 5.54 Å². The number of benzene rings is 2. The minimum absolute atomic E-state index is 0.139. The van der Waals surface area contributed by atoms with E-state index in [2.05, 4.69) is 146 Å². The molecule has 0 aliphatic heterocycles. The molecule has 0 aromatic heterocycles. The third-order valence-electron chi connectivity index (χ3n) is 5.66. The van der Waals surface area contributed by atoms with Gasteiger partial charge in [-0.25, -0.2) is 0 Å². The molecule has 31 heavy (non-hydrogen) atoms. The van der Waals surface area contributed by atoms with E-state index >= 15 is 0 Å². The molecule has 1 unspecified atom stereocenters. The molecule has 0 amide bonds. The Morgan fingerprint density at radius 1 is 0.613 bits per heavy atom. The molecule has 1 nitrogen and oxygen atoms in total. The number of nitrogens with zero attached hydrogens (tertiary/aromatic N) is 1. The molecule has 2 aromatic carbocycles. The van der Waals surface area contributed by atoms with Crippen molar-refractivity contribution in [1.29, 1.82) is 0 Å². The molecule has 2 aromatic rings. The molecule has 0 radical (unpaired) electrons. The SMILES string of the molecule is CC.CC1(c2ccccc2)C=CC=C(N(c2ccccc2)C2(C)C=CC=CC=C2)C=C1. The van der Waals surface area contributed by atoms with Crippen molar-refractivity contribution in [3.8, 4) is 0 Å². The van der Waals surface area contributed by atoms with E-state index in [1.54, 1.807) is 0 Å². The third kappa shape index (κ3) is 5.06. The Labute approximate surface area is 188 Å². The first-order valence-electron chi connectivity index (χ1n) is 11.1. The number of hydrogen-bond acceptors (Lipinski definition) is 1. The second kappa shape index (κ2) is 10.1. The maximum Gasteiger partial charge on any atom is 0.0794 e. The Morgan fingerprint density at radius 3 is 1.81 bits per heavy atom. The normalized spacial score (nSPS) is 20.8. The highest BCUT2D eigenvalue weighted by Crippen LogP contribution is 2.35. The van der Waals surface area contributed by atoms with Crippen molar-refractivity contribution in [1.82, 2.24) is 0 Å². The maximum absolute atomic E-state index is 2.39. The van der Waals surface area contributed by atoms with Crippen LogP contribution >= 0.6 is 0 Å². The molecule has 0 N–H and O–H groups in total. The fourth-order valence-electron chi connectivity index (χ4n) is 3.97. The zero-order valence-corrected chi connectivity index (χ0v) is 19.1. The molecule has 2 aliphatic rings. The summed E-state index contributed by atoms with van der Waals surface area (Å²) in [6, 6.07) is 21.3. The lowest BCUT2D eigenvalue weighted by Crippen LogP contribution is -2.42. The van der Waals surface area contributed by atoms with Crippen molar-refractivity contribution in [2.45, 2.75) is 38.6 Å².